The first-order valence-corrected chi connectivity index (χ1v) is 20.2. The Bertz CT molecular complexity index is 2540. The van der Waals surface area contributed by atoms with Gasteiger partial charge < -0.3 is 14.7 Å². The maximum absolute atomic E-state index is 2.32. The van der Waals surface area contributed by atoms with E-state index in [9.17, 15) is 0 Å². The predicted octanol–water partition coefficient (Wildman–Crippen LogP) is 16.0. The van der Waals surface area contributed by atoms with Crippen molar-refractivity contribution in [2.75, 3.05) is 14.7 Å². The van der Waals surface area contributed by atoms with Crippen LogP contribution in [0.15, 0.2) is 237 Å². The second-order valence-electron chi connectivity index (χ2n) is 14.9. The van der Waals surface area contributed by atoms with Crippen LogP contribution in [0.25, 0.3) is 22.3 Å². The number of anilines is 9. The Morgan fingerprint density at radius 2 is 0.356 bits per heavy atom. The first kappa shape index (κ1) is 37.0. The van der Waals surface area contributed by atoms with E-state index in [2.05, 4.69) is 265 Å². The lowest BCUT2D eigenvalue weighted by Gasteiger charge is -2.26. The van der Waals surface area contributed by atoms with Gasteiger partial charge in [0, 0.05) is 51.2 Å². The minimum atomic E-state index is 1.10. The molecule has 0 aliphatic rings. The predicted molar refractivity (Wildman–Crippen MR) is 251 cm³/mol. The molecule has 9 aromatic rings. The Morgan fingerprint density at radius 1 is 0.186 bits per heavy atom. The fourth-order valence-electron chi connectivity index (χ4n) is 7.67. The van der Waals surface area contributed by atoms with E-state index in [1.807, 2.05) is 0 Å². The lowest BCUT2D eigenvalue weighted by atomic mass is 10.0. The fourth-order valence-corrected chi connectivity index (χ4v) is 7.67. The number of hydrogen-bond donors (Lipinski definition) is 0. The van der Waals surface area contributed by atoms with Gasteiger partial charge in [0.15, 0.2) is 0 Å². The van der Waals surface area contributed by atoms with E-state index in [0.29, 0.717) is 0 Å². The molecule has 3 heteroatoms. The maximum Gasteiger partial charge on any atom is 0.0462 e. The average molecular weight is 760 g/mol. The fraction of sp³-hybridized carbons (Fsp3) is 0.0357. The summed E-state index contributed by atoms with van der Waals surface area (Å²) in [4.78, 5) is 6.92. The van der Waals surface area contributed by atoms with Gasteiger partial charge >= 0.3 is 0 Å². The van der Waals surface area contributed by atoms with Gasteiger partial charge in [0.05, 0.1) is 0 Å². The molecule has 0 spiro atoms. The second-order valence-corrected chi connectivity index (χ2v) is 14.9. The zero-order valence-electron chi connectivity index (χ0n) is 33.4. The van der Waals surface area contributed by atoms with Crippen LogP contribution in [-0.2, 0) is 0 Å². The van der Waals surface area contributed by atoms with Crippen LogP contribution in [0.1, 0.15) is 11.1 Å². The number of aryl methyl sites for hydroxylation is 2. The molecule has 0 atom stereocenters. The number of hydrogen-bond acceptors (Lipinski definition) is 3. The van der Waals surface area contributed by atoms with Crippen molar-refractivity contribution in [2.24, 2.45) is 0 Å². The SMILES string of the molecule is Cc1ccc(N(c2ccccc2)c2ccc(-c3ccc(N(c4ccccc4)c4ccc(-c5ccc(N(c6ccccc6)c6ccc(C)cc6)cc5)cc4)cc3)cc2)cc1. The van der Waals surface area contributed by atoms with Crippen molar-refractivity contribution < 1.29 is 0 Å². The van der Waals surface area contributed by atoms with Crippen molar-refractivity contribution in [2.45, 2.75) is 13.8 Å². The van der Waals surface area contributed by atoms with Gasteiger partial charge in [-0.05, 0) is 145 Å². The van der Waals surface area contributed by atoms with E-state index in [0.717, 1.165) is 51.2 Å². The molecule has 0 radical (unpaired) electrons. The summed E-state index contributed by atoms with van der Waals surface area (Å²) in [5.74, 6) is 0. The molecule has 0 saturated carbocycles. The van der Waals surface area contributed by atoms with Gasteiger partial charge in [-0.1, -0.05) is 139 Å². The molecule has 59 heavy (non-hydrogen) atoms. The maximum atomic E-state index is 2.32. The van der Waals surface area contributed by atoms with Gasteiger partial charge in [-0.15, -0.1) is 0 Å². The Labute approximate surface area is 348 Å². The van der Waals surface area contributed by atoms with E-state index in [1.165, 1.54) is 33.4 Å². The number of para-hydroxylation sites is 3. The molecule has 0 unspecified atom stereocenters. The van der Waals surface area contributed by atoms with Crippen LogP contribution < -0.4 is 14.7 Å². The van der Waals surface area contributed by atoms with E-state index >= 15 is 0 Å². The highest BCUT2D eigenvalue weighted by atomic mass is 15.2. The zero-order valence-corrected chi connectivity index (χ0v) is 33.4. The van der Waals surface area contributed by atoms with Crippen LogP contribution in [0.4, 0.5) is 51.2 Å². The van der Waals surface area contributed by atoms with Crippen molar-refractivity contribution in [1.82, 2.24) is 0 Å². The molecule has 0 aliphatic heterocycles. The minimum absolute atomic E-state index is 1.10. The molecule has 9 aromatic carbocycles. The Kier molecular flexibility index (Phi) is 10.6. The summed E-state index contributed by atoms with van der Waals surface area (Å²) in [6, 6.07) is 84.6. The average Bonchev–Trinajstić information content (AvgIpc) is 3.30. The third kappa shape index (κ3) is 8.14. The molecular formula is C56H45N3. The van der Waals surface area contributed by atoms with E-state index in [1.54, 1.807) is 0 Å². The van der Waals surface area contributed by atoms with E-state index in [-0.39, 0.29) is 0 Å². The second kappa shape index (κ2) is 16.9. The molecule has 0 heterocycles. The van der Waals surface area contributed by atoms with Gasteiger partial charge in [0.25, 0.3) is 0 Å². The highest BCUT2D eigenvalue weighted by Gasteiger charge is 2.16. The van der Waals surface area contributed by atoms with Crippen molar-refractivity contribution in [1.29, 1.82) is 0 Å². The van der Waals surface area contributed by atoms with Crippen molar-refractivity contribution in [3.05, 3.63) is 248 Å². The van der Waals surface area contributed by atoms with E-state index in [4.69, 9.17) is 0 Å². The first-order valence-electron chi connectivity index (χ1n) is 20.2. The lowest BCUT2D eigenvalue weighted by molar-refractivity contribution is 1.27. The minimum Gasteiger partial charge on any atom is -0.311 e. The zero-order chi connectivity index (χ0) is 40.0. The molecule has 0 N–H and O–H groups in total. The van der Waals surface area contributed by atoms with Gasteiger partial charge in [-0.25, -0.2) is 0 Å². The van der Waals surface area contributed by atoms with Crippen LogP contribution in [0.3, 0.4) is 0 Å². The third-order valence-corrected chi connectivity index (χ3v) is 10.8. The van der Waals surface area contributed by atoms with E-state index < -0.39 is 0 Å². The summed E-state index contributed by atoms with van der Waals surface area (Å²) < 4.78 is 0. The summed E-state index contributed by atoms with van der Waals surface area (Å²) in [6.45, 7) is 4.25. The molecule has 0 bridgehead atoms. The Morgan fingerprint density at radius 3 is 0.559 bits per heavy atom. The summed E-state index contributed by atoms with van der Waals surface area (Å²) in [6.07, 6.45) is 0. The Hall–Kier alpha value is -7.62. The van der Waals surface area contributed by atoms with Crippen molar-refractivity contribution in [3.8, 4) is 22.3 Å². The third-order valence-electron chi connectivity index (χ3n) is 10.8. The van der Waals surface area contributed by atoms with Crippen LogP contribution >= 0.6 is 0 Å². The quantitative estimate of drug-likeness (QED) is 0.130. The summed E-state index contributed by atoms with van der Waals surface area (Å²) in [5, 5.41) is 0. The van der Waals surface area contributed by atoms with Crippen LogP contribution in [0, 0.1) is 13.8 Å². The molecule has 0 amide bonds. The highest BCUT2D eigenvalue weighted by Crippen LogP contribution is 2.40. The Balaban J connectivity index is 0.970. The van der Waals surface area contributed by atoms with Gasteiger partial charge in [-0.3, -0.25) is 0 Å². The van der Waals surface area contributed by atoms with Crippen LogP contribution in [-0.4, -0.2) is 0 Å². The monoisotopic (exact) mass is 759 g/mol. The van der Waals surface area contributed by atoms with Crippen molar-refractivity contribution in [3.63, 3.8) is 0 Å². The molecule has 0 aromatic heterocycles. The summed E-state index contributed by atoms with van der Waals surface area (Å²) in [7, 11) is 0. The lowest BCUT2D eigenvalue weighted by Crippen LogP contribution is -2.10. The topological polar surface area (TPSA) is 9.72 Å². The van der Waals surface area contributed by atoms with Crippen LogP contribution in [0.5, 0.6) is 0 Å². The molecule has 3 nitrogen and oxygen atoms in total. The molecule has 284 valence electrons. The van der Waals surface area contributed by atoms with Gasteiger partial charge in [0.1, 0.15) is 0 Å². The number of rotatable bonds is 11. The molecular weight excluding hydrogens is 715 g/mol. The smallest absolute Gasteiger partial charge is 0.0462 e. The van der Waals surface area contributed by atoms with Crippen LogP contribution in [0.2, 0.25) is 0 Å². The molecule has 0 fully saturated rings. The summed E-state index contributed by atoms with van der Waals surface area (Å²) in [5.41, 5.74) is 17.2. The van der Waals surface area contributed by atoms with Gasteiger partial charge in [-0.2, -0.15) is 0 Å². The van der Waals surface area contributed by atoms with Gasteiger partial charge in [0.2, 0.25) is 0 Å². The number of benzene rings is 9. The standard InChI is InChI=1S/C56H45N3/c1-42-18-30-51(31-19-42)57(48-12-6-3-7-13-48)53-34-22-44(23-35-53)46-26-38-55(39-27-46)59(50-16-10-5-11-17-50)56-40-28-47(29-41-56)45-24-36-54(37-25-45)58(49-14-8-4-9-15-49)52-32-20-43(2)21-33-52/h3-41H,1-2H3. The van der Waals surface area contributed by atoms with Crippen molar-refractivity contribution >= 4 is 51.2 Å². The number of nitrogens with zero attached hydrogens (tertiary/aromatic N) is 3. The normalized spacial score (nSPS) is 10.9. The molecule has 0 aliphatic carbocycles. The first-order chi connectivity index (χ1) is 29.1. The highest BCUT2D eigenvalue weighted by molar-refractivity contribution is 5.83. The molecule has 9 rings (SSSR count). The molecule has 0 saturated heterocycles. The largest absolute Gasteiger partial charge is 0.311 e. The summed E-state index contributed by atoms with van der Waals surface area (Å²) >= 11 is 0.